The van der Waals surface area contributed by atoms with Crippen LogP contribution in [0.2, 0.25) is 0 Å². The molecule has 0 radical (unpaired) electrons. The summed E-state index contributed by atoms with van der Waals surface area (Å²) in [5, 5.41) is 0. The first-order chi connectivity index (χ1) is 7.95. The van der Waals surface area contributed by atoms with E-state index in [2.05, 4.69) is 49.9 Å². The Morgan fingerprint density at radius 3 is 2.24 bits per heavy atom. The molecule has 1 aliphatic heterocycles. The summed E-state index contributed by atoms with van der Waals surface area (Å²) in [5.74, 6) is 0. The predicted molar refractivity (Wildman–Crippen MR) is 73.3 cm³/mol. The molecule has 2 heteroatoms. The zero-order valence-corrected chi connectivity index (χ0v) is 11.2. The van der Waals surface area contributed by atoms with Crippen LogP contribution < -0.4 is 5.73 Å². The Morgan fingerprint density at radius 1 is 1.18 bits per heavy atom. The Hall–Kier alpha value is -0.860. The summed E-state index contributed by atoms with van der Waals surface area (Å²) in [7, 11) is 0. The highest BCUT2D eigenvalue weighted by atomic mass is 15.2. The second kappa shape index (κ2) is 4.79. The molecule has 0 spiro atoms. The van der Waals surface area contributed by atoms with Crippen molar-refractivity contribution in [2.24, 2.45) is 5.73 Å². The molecular formula is C15H24N2. The summed E-state index contributed by atoms with van der Waals surface area (Å²) in [6.45, 7) is 10.0. The normalized spacial score (nSPS) is 18.1. The van der Waals surface area contributed by atoms with E-state index in [-0.39, 0.29) is 5.41 Å². The van der Waals surface area contributed by atoms with Crippen LogP contribution in [0.15, 0.2) is 24.3 Å². The molecule has 1 aliphatic rings. The van der Waals surface area contributed by atoms with Gasteiger partial charge in [0.25, 0.3) is 0 Å². The average molecular weight is 232 g/mol. The van der Waals surface area contributed by atoms with Crippen LogP contribution in [-0.2, 0) is 11.8 Å². The van der Waals surface area contributed by atoms with Gasteiger partial charge in [-0.05, 0) is 23.0 Å². The van der Waals surface area contributed by atoms with Crippen LogP contribution >= 0.6 is 0 Å². The van der Waals surface area contributed by atoms with Gasteiger partial charge in [-0.2, -0.15) is 0 Å². The van der Waals surface area contributed by atoms with Gasteiger partial charge in [-0.15, -0.1) is 0 Å². The third-order valence-electron chi connectivity index (χ3n) is 3.52. The van der Waals surface area contributed by atoms with E-state index >= 15 is 0 Å². The van der Waals surface area contributed by atoms with Crippen LogP contribution in [0.25, 0.3) is 0 Å². The predicted octanol–water partition coefficient (Wildman–Crippen LogP) is 2.17. The quantitative estimate of drug-likeness (QED) is 0.865. The summed E-state index contributed by atoms with van der Waals surface area (Å²) in [4.78, 5) is 2.42. The molecule has 1 saturated heterocycles. The Bertz CT molecular complexity index is 356. The van der Waals surface area contributed by atoms with Crippen molar-refractivity contribution in [3.63, 3.8) is 0 Å². The number of nitrogens with zero attached hydrogens (tertiary/aromatic N) is 1. The molecule has 0 amide bonds. The lowest BCUT2D eigenvalue weighted by molar-refractivity contribution is 0.153. The van der Waals surface area contributed by atoms with Gasteiger partial charge in [0, 0.05) is 25.7 Å². The highest BCUT2D eigenvalue weighted by molar-refractivity contribution is 5.27. The third-order valence-corrected chi connectivity index (χ3v) is 3.52. The molecular weight excluding hydrogens is 208 g/mol. The first-order valence-electron chi connectivity index (χ1n) is 6.52. The van der Waals surface area contributed by atoms with Gasteiger partial charge >= 0.3 is 0 Å². The van der Waals surface area contributed by atoms with Gasteiger partial charge in [-0.25, -0.2) is 0 Å². The van der Waals surface area contributed by atoms with Gasteiger partial charge in [0.15, 0.2) is 0 Å². The van der Waals surface area contributed by atoms with Crippen molar-refractivity contribution in [1.29, 1.82) is 0 Å². The summed E-state index contributed by atoms with van der Waals surface area (Å²) < 4.78 is 0. The van der Waals surface area contributed by atoms with Gasteiger partial charge in [0.05, 0.1) is 0 Å². The summed E-state index contributed by atoms with van der Waals surface area (Å²) in [6.07, 6.45) is 1.14. The average Bonchev–Trinajstić information content (AvgIpc) is 2.22. The van der Waals surface area contributed by atoms with Gasteiger partial charge in [0.1, 0.15) is 0 Å². The Labute approximate surface area is 105 Å². The first-order valence-corrected chi connectivity index (χ1v) is 6.52. The number of likely N-dealkylation sites (tertiary alicyclic amines) is 1. The fourth-order valence-electron chi connectivity index (χ4n) is 2.25. The zero-order valence-electron chi connectivity index (χ0n) is 11.2. The van der Waals surface area contributed by atoms with Gasteiger partial charge in [0.2, 0.25) is 0 Å². The highest BCUT2D eigenvalue weighted by Gasteiger charge is 2.21. The topological polar surface area (TPSA) is 29.3 Å². The molecule has 2 N–H and O–H groups in total. The minimum Gasteiger partial charge on any atom is -0.325 e. The molecule has 94 valence electrons. The van der Waals surface area contributed by atoms with Crippen LogP contribution in [-0.4, -0.2) is 30.6 Å². The number of nitrogens with two attached hydrogens (primary N) is 1. The maximum absolute atomic E-state index is 5.76. The summed E-state index contributed by atoms with van der Waals surface area (Å²) in [5.41, 5.74) is 8.86. The molecule has 0 unspecified atom stereocenters. The standard InChI is InChI=1S/C15H24N2/c1-15(2,3)13-6-4-12(5-7-13)8-9-17-10-14(16)11-17/h4-7,14H,8-11,16H2,1-3H3. The van der Waals surface area contributed by atoms with Crippen molar-refractivity contribution < 1.29 is 0 Å². The molecule has 2 nitrogen and oxygen atoms in total. The van der Waals surface area contributed by atoms with Crippen LogP contribution in [0, 0.1) is 0 Å². The first kappa shape index (κ1) is 12.6. The SMILES string of the molecule is CC(C)(C)c1ccc(CCN2CC(N)C2)cc1. The van der Waals surface area contributed by atoms with E-state index in [9.17, 15) is 0 Å². The third kappa shape index (κ3) is 3.30. The van der Waals surface area contributed by atoms with E-state index in [1.54, 1.807) is 0 Å². The van der Waals surface area contributed by atoms with Crippen LogP contribution in [0.3, 0.4) is 0 Å². The number of hydrogen-bond donors (Lipinski definition) is 1. The Kier molecular flexibility index (Phi) is 3.55. The highest BCUT2D eigenvalue weighted by Crippen LogP contribution is 2.22. The molecule has 0 aromatic heterocycles. The minimum absolute atomic E-state index is 0.253. The molecule has 1 aromatic carbocycles. The van der Waals surface area contributed by atoms with E-state index in [0.29, 0.717) is 6.04 Å². The van der Waals surface area contributed by atoms with Gasteiger partial charge in [-0.3, -0.25) is 4.90 Å². The lowest BCUT2D eigenvalue weighted by Crippen LogP contribution is -2.55. The summed E-state index contributed by atoms with van der Waals surface area (Å²) >= 11 is 0. The fourth-order valence-corrected chi connectivity index (χ4v) is 2.25. The molecule has 1 heterocycles. The number of hydrogen-bond acceptors (Lipinski definition) is 2. The number of rotatable bonds is 3. The van der Waals surface area contributed by atoms with Crippen molar-refractivity contribution in [2.75, 3.05) is 19.6 Å². The summed E-state index contributed by atoms with van der Waals surface area (Å²) in [6, 6.07) is 9.47. The van der Waals surface area contributed by atoms with E-state index < -0.39 is 0 Å². The minimum atomic E-state index is 0.253. The smallest absolute Gasteiger partial charge is 0.0297 e. The molecule has 0 aliphatic carbocycles. The van der Waals surface area contributed by atoms with Gasteiger partial charge < -0.3 is 5.73 Å². The van der Waals surface area contributed by atoms with E-state index in [1.165, 1.54) is 11.1 Å². The van der Waals surface area contributed by atoms with Crippen LogP contribution in [0.4, 0.5) is 0 Å². The van der Waals surface area contributed by atoms with Crippen LogP contribution in [0.5, 0.6) is 0 Å². The van der Waals surface area contributed by atoms with Crippen molar-refractivity contribution in [2.45, 2.75) is 38.6 Å². The van der Waals surface area contributed by atoms with Crippen molar-refractivity contribution in [3.8, 4) is 0 Å². The maximum Gasteiger partial charge on any atom is 0.0297 e. The lowest BCUT2D eigenvalue weighted by Gasteiger charge is -2.36. The van der Waals surface area contributed by atoms with Gasteiger partial charge in [-0.1, -0.05) is 45.0 Å². The Balaban J connectivity index is 1.86. The van der Waals surface area contributed by atoms with Crippen molar-refractivity contribution in [1.82, 2.24) is 4.90 Å². The lowest BCUT2D eigenvalue weighted by atomic mass is 9.86. The fraction of sp³-hybridized carbons (Fsp3) is 0.600. The van der Waals surface area contributed by atoms with Crippen molar-refractivity contribution in [3.05, 3.63) is 35.4 Å². The number of benzene rings is 1. The molecule has 0 saturated carbocycles. The second-order valence-electron chi connectivity index (χ2n) is 6.22. The van der Waals surface area contributed by atoms with E-state index in [1.807, 2.05) is 0 Å². The largest absolute Gasteiger partial charge is 0.325 e. The molecule has 0 atom stereocenters. The second-order valence-corrected chi connectivity index (χ2v) is 6.22. The zero-order chi connectivity index (χ0) is 12.5. The molecule has 0 bridgehead atoms. The Morgan fingerprint density at radius 2 is 1.76 bits per heavy atom. The molecule has 2 rings (SSSR count). The monoisotopic (exact) mass is 232 g/mol. The van der Waals surface area contributed by atoms with E-state index in [4.69, 9.17) is 5.73 Å². The van der Waals surface area contributed by atoms with Crippen molar-refractivity contribution >= 4 is 0 Å². The maximum atomic E-state index is 5.76. The van der Waals surface area contributed by atoms with Crippen LogP contribution in [0.1, 0.15) is 31.9 Å². The molecule has 1 fully saturated rings. The molecule has 1 aromatic rings. The molecule has 17 heavy (non-hydrogen) atoms. The van der Waals surface area contributed by atoms with E-state index in [0.717, 1.165) is 26.1 Å².